The van der Waals surface area contributed by atoms with E-state index in [9.17, 15) is 18.5 Å². The van der Waals surface area contributed by atoms with Crippen molar-refractivity contribution in [2.24, 2.45) is 0 Å². The van der Waals surface area contributed by atoms with E-state index in [1.807, 2.05) is 12.1 Å². The Hall–Kier alpha value is -2.81. The fourth-order valence-corrected chi connectivity index (χ4v) is 5.38. The highest BCUT2D eigenvalue weighted by atomic mass is 32.2. The van der Waals surface area contributed by atoms with E-state index >= 15 is 0 Å². The molecule has 7 nitrogen and oxygen atoms in total. The molecule has 0 unspecified atom stereocenters. The molecule has 0 amide bonds. The van der Waals surface area contributed by atoms with E-state index in [0.717, 1.165) is 6.07 Å². The molecule has 30 heavy (non-hydrogen) atoms. The molecule has 1 saturated heterocycles. The number of nitrogens with zero attached hydrogens (tertiary/aromatic N) is 3. The number of nitro benzene ring substituents is 1. The molecule has 1 aliphatic heterocycles. The maximum atomic E-state index is 12.9. The summed E-state index contributed by atoms with van der Waals surface area (Å²) in [4.78, 5) is 12.6. The summed E-state index contributed by atoms with van der Waals surface area (Å²) >= 11 is 0. The van der Waals surface area contributed by atoms with Gasteiger partial charge < -0.3 is 0 Å². The van der Waals surface area contributed by atoms with Gasteiger partial charge in [0.25, 0.3) is 5.69 Å². The van der Waals surface area contributed by atoms with Crippen LogP contribution >= 0.6 is 0 Å². The van der Waals surface area contributed by atoms with Crippen LogP contribution in [0.1, 0.15) is 18.5 Å². The standard InChI is InChI=1S/C22H23N3O4S/c1-17(19-10-9-18-5-2-3-6-20(18)15-19)23-11-13-24(14-12-23)30(28,29)22-8-4-7-21(16-22)25(26)27/h2-10,15-17H,11-14H2,1H3/t17-/m1/s1. The first-order valence-electron chi connectivity index (χ1n) is 9.83. The minimum Gasteiger partial charge on any atom is -0.294 e. The van der Waals surface area contributed by atoms with Gasteiger partial charge in [-0.25, -0.2) is 8.42 Å². The summed E-state index contributed by atoms with van der Waals surface area (Å²) in [7, 11) is -3.76. The normalized spacial score (nSPS) is 17.1. The molecule has 0 spiro atoms. The fourth-order valence-electron chi connectivity index (χ4n) is 3.92. The van der Waals surface area contributed by atoms with Gasteiger partial charge in [0.15, 0.2) is 0 Å². The average molecular weight is 426 g/mol. The Labute approximate surface area is 175 Å². The first kappa shape index (κ1) is 20.5. The van der Waals surface area contributed by atoms with E-state index < -0.39 is 14.9 Å². The molecule has 8 heteroatoms. The smallest absolute Gasteiger partial charge is 0.270 e. The highest BCUT2D eigenvalue weighted by Crippen LogP contribution is 2.27. The quantitative estimate of drug-likeness (QED) is 0.458. The van der Waals surface area contributed by atoms with Gasteiger partial charge in [0.05, 0.1) is 9.82 Å². The molecule has 156 valence electrons. The molecule has 0 N–H and O–H groups in total. The van der Waals surface area contributed by atoms with Gasteiger partial charge in [-0.05, 0) is 35.4 Å². The van der Waals surface area contributed by atoms with Gasteiger partial charge in [-0.15, -0.1) is 0 Å². The third-order valence-electron chi connectivity index (χ3n) is 5.74. The molecule has 0 aliphatic carbocycles. The highest BCUT2D eigenvalue weighted by Gasteiger charge is 2.31. The maximum absolute atomic E-state index is 12.9. The number of rotatable bonds is 5. The van der Waals surface area contributed by atoms with Crippen molar-refractivity contribution in [2.45, 2.75) is 17.9 Å². The SMILES string of the molecule is C[C@H](c1ccc2ccccc2c1)N1CCN(S(=O)(=O)c2cccc([N+](=O)[O-])c2)CC1. The molecule has 4 rings (SSSR count). The third kappa shape index (κ3) is 3.94. The minimum atomic E-state index is -3.76. The lowest BCUT2D eigenvalue weighted by atomic mass is 10.0. The van der Waals surface area contributed by atoms with Crippen LogP contribution in [0.4, 0.5) is 5.69 Å². The van der Waals surface area contributed by atoms with E-state index in [4.69, 9.17) is 0 Å². The Bertz CT molecular complexity index is 1190. The maximum Gasteiger partial charge on any atom is 0.270 e. The Morgan fingerprint density at radius 1 is 0.900 bits per heavy atom. The summed E-state index contributed by atoms with van der Waals surface area (Å²) in [6.07, 6.45) is 0. The number of hydrogen-bond acceptors (Lipinski definition) is 5. The topological polar surface area (TPSA) is 83.8 Å². The molecular weight excluding hydrogens is 402 g/mol. The van der Waals surface area contributed by atoms with Gasteiger partial charge in [-0.2, -0.15) is 4.31 Å². The number of benzene rings is 3. The van der Waals surface area contributed by atoms with Crippen molar-refractivity contribution < 1.29 is 13.3 Å². The number of piperazine rings is 1. The summed E-state index contributed by atoms with van der Waals surface area (Å²) in [6, 6.07) is 20.0. The molecule has 0 radical (unpaired) electrons. The predicted octanol–water partition coefficient (Wildman–Crippen LogP) is 3.82. The van der Waals surface area contributed by atoms with Gasteiger partial charge in [0, 0.05) is 44.4 Å². The van der Waals surface area contributed by atoms with Crippen LogP contribution in [0.2, 0.25) is 0 Å². The van der Waals surface area contributed by atoms with E-state index in [2.05, 4.69) is 42.2 Å². The van der Waals surface area contributed by atoms with Gasteiger partial charge in [0.1, 0.15) is 0 Å². The van der Waals surface area contributed by atoms with Crippen LogP contribution in [-0.2, 0) is 10.0 Å². The Morgan fingerprint density at radius 2 is 1.60 bits per heavy atom. The first-order chi connectivity index (χ1) is 14.4. The summed E-state index contributed by atoms with van der Waals surface area (Å²) < 4.78 is 27.3. The van der Waals surface area contributed by atoms with Crippen molar-refractivity contribution in [1.82, 2.24) is 9.21 Å². The van der Waals surface area contributed by atoms with Gasteiger partial charge in [-0.1, -0.05) is 42.5 Å². The summed E-state index contributed by atoms with van der Waals surface area (Å²) in [5, 5.41) is 13.4. The lowest BCUT2D eigenvalue weighted by Crippen LogP contribution is -2.49. The van der Waals surface area contributed by atoms with Crippen molar-refractivity contribution in [1.29, 1.82) is 0 Å². The molecule has 1 aliphatic rings. The van der Waals surface area contributed by atoms with E-state index in [1.54, 1.807) is 0 Å². The third-order valence-corrected chi connectivity index (χ3v) is 7.64. The van der Waals surface area contributed by atoms with Crippen molar-refractivity contribution in [3.05, 3.63) is 82.4 Å². The van der Waals surface area contributed by atoms with Crippen LogP contribution in [0.15, 0.2) is 71.6 Å². The highest BCUT2D eigenvalue weighted by molar-refractivity contribution is 7.89. The fraction of sp³-hybridized carbons (Fsp3) is 0.273. The second-order valence-electron chi connectivity index (χ2n) is 7.48. The van der Waals surface area contributed by atoms with Crippen LogP contribution in [0.25, 0.3) is 10.8 Å². The zero-order valence-electron chi connectivity index (χ0n) is 16.6. The number of non-ortho nitro benzene ring substituents is 1. The number of fused-ring (bicyclic) bond motifs is 1. The largest absolute Gasteiger partial charge is 0.294 e. The van der Waals surface area contributed by atoms with Gasteiger partial charge >= 0.3 is 0 Å². The van der Waals surface area contributed by atoms with Crippen LogP contribution < -0.4 is 0 Å². The van der Waals surface area contributed by atoms with Crippen LogP contribution in [0.5, 0.6) is 0 Å². The second kappa shape index (κ2) is 8.14. The Balaban J connectivity index is 1.47. The summed E-state index contributed by atoms with van der Waals surface area (Å²) in [5.41, 5.74) is 0.975. The van der Waals surface area contributed by atoms with E-state index in [1.165, 1.54) is 38.8 Å². The molecule has 1 atom stereocenters. The summed E-state index contributed by atoms with van der Waals surface area (Å²) in [6.45, 7) is 4.03. The molecule has 3 aromatic carbocycles. The molecule has 0 bridgehead atoms. The molecular formula is C22H23N3O4S. The Kier molecular flexibility index (Phi) is 5.55. The molecule has 0 aromatic heterocycles. The number of hydrogen-bond donors (Lipinski definition) is 0. The Morgan fingerprint density at radius 3 is 2.30 bits per heavy atom. The van der Waals surface area contributed by atoms with Crippen LogP contribution in [0, 0.1) is 10.1 Å². The van der Waals surface area contributed by atoms with Crippen molar-refractivity contribution in [3.63, 3.8) is 0 Å². The van der Waals surface area contributed by atoms with Crippen LogP contribution in [0.3, 0.4) is 0 Å². The lowest BCUT2D eigenvalue weighted by molar-refractivity contribution is -0.385. The monoisotopic (exact) mass is 425 g/mol. The second-order valence-corrected chi connectivity index (χ2v) is 9.42. The zero-order valence-corrected chi connectivity index (χ0v) is 17.5. The number of nitro groups is 1. The minimum absolute atomic E-state index is 0.0345. The summed E-state index contributed by atoms with van der Waals surface area (Å²) in [5.74, 6) is 0. The van der Waals surface area contributed by atoms with Crippen molar-refractivity contribution >= 4 is 26.5 Å². The zero-order chi connectivity index (χ0) is 21.3. The number of sulfonamides is 1. The van der Waals surface area contributed by atoms with E-state index in [0.29, 0.717) is 26.2 Å². The van der Waals surface area contributed by atoms with Crippen molar-refractivity contribution in [2.75, 3.05) is 26.2 Å². The van der Waals surface area contributed by atoms with Gasteiger partial charge in [-0.3, -0.25) is 15.0 Å². The van der Waals surface area contributed by atoms with Crippen LogP contribution in [-0.4, -0.2) is 48.7 Å². The molecule has 1 heterocycles. The molecule has 1 fully saturated rings. The lowest BCUT2D eigenvalue weighted by Gasteiger charge is -2.37. The average Bonchev–Trinajstić information content (AvgIpc) is 2.78. The molecule has 0 saturated carbocycles. The van der Waals surface area contributed by atoms with Crippen molar-refractivity contribution in [3.8, 4) is 0 Å². The van der Waals surface area contributed by atoms with Gasteiger partial charge in [0.2, 0.25) is 10.0 Å². The predicted molar refractivity (Wildman–Crippen MR) is 116 cm³/mol. The first-order valence-corrected chi connectivity index (χ1v) is 11.3. The molecule has 3 aromatic rings. The van der Waals surface area contributed by atoms with E-state index in [-0.39, 0.29) is 16.6 Å².